The van der Waals surface area contributed by atoms with E-state index in [-0.39, 0.29) is 10.6 Å². The van der Waals surface area contributed by atoms with Gasteiger partial charge >= 0.3 is 0 Å². The summed E-state index contributed by atoms with van der Waals surface area (Å²) in [7, 11) is -3.68. The lowest BCUT2D eigenvalue weighted by Crippen LogP contribution is -2.19. The van der Waals surface area contributed by atoms with Crippen LogP contribution < -0.4 is 4.83 Å². The van der Waals surface area contributed by atoms with Crippen LogP contribution in [-0.4, -0.2) is 19.2 Å². The summed E-state index contributed by atoms with van der Waals surface area (Å²) in [6, 6.07) is 12.9. The van der Waals surface area contributed by atoms with Crippen LogP contribution in [-0.2, 0) is 10.0 Å². The van der Waals surface area contributed by atoms with Gasteiger partial charge in [0.15, 0.2) is 0 Å². The molecule has 0 unspecified atom stereocenters. The molecular weight excluding hydrogens is 288 g/mol. The SMILES string of the molecule is C/C(=N\NS(=O)(=O)c1ccc(C)cc1)c1ccc(O)cc1. The van der Waals surface area contributed by atoms with Crippen molar-refractivity contribution in [3.8, 4) is 5.75 Å². The minimum absolute atomic E-state index is 0.145. The van der Waals surface area contributed by atoms with E-state index in [9.17, 15) is 13.5 Å². The van der Waals surface area contributed by atoms with Crippen LogP contribution in [0.1, 0.15) is 18.1 Å². The molecular formula is C15H16N2O3S. The van der Waals surface area contributed by atoms with Crippen molar-refractivity contribution in [2.75, 3.05) is 0 Å². The second-order valence-corrected chi connectivity index (χ2v) is 6.31. The summed E-state index contributed by atoms with van der Waals surface area (Å²) >= 11 is 0. The fraction of sp³-hybridized carbons (Fsp3) is 0.133. The molecule has 0 bridgehead atoms. The van der Waals surface area contributed by atoms with E-state index in [0.29, 0.717) is 5.71 Å². The topological polar surface area (TPSA) is 78.8 Å². The monoisotopic (exact) mass is 304 g/mol. The standard InChI is InChI=1S/C15H16N2O3S/c1-11-3-9-15(10-4-11)21(19,20)17-16-12(2)13-5-7-14(18)8-6-13/h3-10,17-18H,1-2H3/b16-12+. The van der Waals surface area contributed by atoms with Gasteiger partial charge in [0, 0.05) is 0 Å². The summed E-state index contributed by atoms with van der Waals surface area (Å²) in [5, 5.41) is 13.1. The third-order valence-electron chi connectivity index (χ3n) is 2.95. The maximum atomic E-state index is 12.1. The number of sulfonamides is 1. The highest BCUT2D eigenvalue weighted by Crippen LogP contribution is 2.12. The summed E-state index contributed by atoms with van der Waals surface area (Å²) in [5.41, 5.74) is 2.21. The van der Waals surface area contributed by atoms with E-state index in [1.54, 1.807) is 31.2 Å². The van der Waals surface area contributed by atoms with Crippen molar-refractivity contribution < 1.29 is 13.5 Å². The first-order valence-corrected chi connectivity index (χ1v) is 7.79. The Hall–Kier alpha value is -2.34. The first-order valence-electron chi connectivity index (χ1n) is 6.31. The zero-order valence-electron chi connectivity index (χ0n) is 11.7. The van der Waals surface area contributed by atoms with E-state index in [2.05, 4.69) is 9.93 Å². The van der Waals surface area contributed by atoms with Gasteiger partial charge in [0.2, 0.25) is 0 Å². The lowest BCUT2D eigenvalue weighted by Gasteiger charge is -2.06. The lowest BCUT2D eigenvalue weighted by atomic mass is 10.1. The number of phenols is 1. The molecule has 0 saturated carbocycles. The Labute approximate surface area is 124 Å². The van der Waals surface area contributed by atoms with Crippen molar-refractivity contribution in [2.45, 2.75) is 18.7 Å². The van der Waals surface area contributed by atoms with Crippen molar-refractivity contribution in [1.29, 1.82) is 0 Å². The molecule has 110 valence electrons. The molecule has 2 N–H and O–H groups in total. The maximum Gasteiger partial charge on any atom is 0.276 e. The van der Waals surface area contributed by atoms with Gasteiger partial charge in [-0.1, -0.05) is 17.7 Å². The lowest BCUT2D eigenvalue weighted by molar-refractivity contribution is 0.475. The summed E-state index contributed by atoms with van der Waals surface area (Å²) in [6.07, 6.45) is 0. The van der Waals surface area contributed by atoms with Crippen molar-refractivity contribution in [3.63, 3.8) is 0 Å². The molecule has 0 atom stereocenters. The molecule has 0 aliphatic heterocycles. The second-order valence-electron chi connectivity index (χ2n) is 4.65. The number of benzene rings is 2. The van der Waals surface area contributed by atoms with Gasteiger partial charge in [-0.15, -0.1) is 0 Å². The zero-order chi connectivity index (χ0) is 15.5. The molecule has 0 aromatic heterocycles. The highest BCUT2D eigenvalue weighted by atomic mass is 32.2. The molecule has 21 heavy (non-hydrogen) atoms. The third kappa shape index (κ3) is 3.82. The van der Waals surface area contributed by atoms with E-state index in [1.165, 1.54) is 24.3 Å². The highest BCUT2D eigenvalue weighted by molar-refractivity contribution is 7.89. The molecule has 0 fully saturated rings. The molecule has 2 rings (SSSR count). The van der Waals surface area contributed by atoms with Crippen LogP contribution in [0.4, 0.5) is 0 Å². The molecule has 0 aliphatic rings. The molecule has 0 amide bonds. The van der Waals surface area contributed by atoms with E-state index in [4.69, 9.17) is 0 Å². The summed E-state index contributed by atoms with van der Waals surface area (Å²) in [4.78, 5) is 2.37. The molecule has 0 aliphatic carbocycles. The Kier molecular flexibility index (Phi) is 4.28. The van der Waals surface area contributed by atoms with Crippen molar-refractivity contribution in [1.82, 2.24) is 4.83 Å². The molecule has 5 nitrogen and oxygen atoms in total. The summed E-state index contributed by atoms with van der Waals surface area (Å²) in [6.45, 7) is 3.57. The van der Waals surface area contributed by atoms with Crippen LogP contribution >= 0.6 is 0 Å². The van der Waals surface area contributed by atoms with E-state index >= 15 is 0 Å². The summed E-state index contributed by atoms with van der Waals surface area (Å²) in [5.74, 6) is 0.145. The first kappa shape index (κ1) is 15.1. The number of phenolic OH excluding ortho intramolecular Hbond substituents is 1. The zero-order valence-corrected chi connectivity index (χ0v) is 12.6. The van der Waals surface area contributed by atoms with Crippen LogP contribution in [0, 0.1) is 6.92 Å². The number of aryl methyl sites for hydroxylation is 1. The van der Waals surface area contributed by atoms with Gasteiger partial charge in [0.1, 0.15) is 5.75 Å². The number of nitrogens with zero attached hydrogens (tertiary/aromatic N) is 1. The fourth-order valence-electron chi connectivity index (χ4n) is 1.67. The van der Waals surface area contributed by atoms with Crippen LogP contribution in [0.25, 0.3) is 0 Å². The molecule has 0 radical (unpaired) electrons. The Morgan fingerprint density at radius 2 is 1.62 bits per heavy atom. The predicted octanol–water partition coefficient (Wildman–Crippen LogP) is 2.40. The van der Waals surface area contributed by atoms with Crippen LogP contribution in [0.3, 0.4) is 0 Å². The number of rotatable bonds is 4. The molecule has 0 heterocycles. The van der Waals surface area contributed by atoms with Crippen LogP contribution in [0.5, 0.6) is 5.75 Å². The van der Waals surface area contributed by atoms with Gasteiger partial charge in [-0.05, 0) is 55.8 Å². The normalized spacial score (nSPS) is 12.2. The second kappa shape index (κ2) is 5.97. The number of hydrogen-bond donors (Lipinski definition) is 2. The minimum atomic E-state index is -3.68. The predicted molar refractivity (Wildman–Crippen MR) is 81.8 cm³/mol. The number of hydrazone groups is 1. The maximum absolute atomic E-state index is 12.1. The third-order valence-corrected chi connectivity index (χ3v) is 4.17. The highest BCUT2D eigenvalue weighted by Gasteiger charge is 2.12. The first-order chi connectivity index (χ1) is 9.88. The molecule has 0 spiro atoms. The van der Waals surface area contributed by atoms with E-state index in [0.717, 1.165) is 11.1 Å². The summed E-state index contributed by atoms with van der Waals surface area (Å²) < 4.78 is 24.2. The smallest absolute Gasteiger partial charge is 0.276 e. The average Bonchev–Trinajstić information content (AvgIpc) is 2.46. The van der Waals surface area contributed by atoms with E-state index < -0.39 is 10.0 Å². The van der Waals surface area contributed by atoms with Gasteiger partial charge in [-0.25, -0.2) is 0 Å². The van der Waals surface area contributed by atoms with Crippen molar-refractivity contribution in [3.05, 3.63) is 59.7 Å². The average molecular weight is 304 g/mol. The van der Waals surface area contributed by atoms with Gasteiger partial charge in [-0.3, -0.25) is 0 Å². The van der Waals surface area contributed by atoms with Gasteiger partial charge < -0.3 is 5.11 Å². The molecule has 2 aromatic rings. The largest absolute Gasteiger partial charge is 0.508 e. The van der Waals surface area contributed by atoms with Gasteiger partial charge in [-0.2, -0.15) is 18.4 Å². The molecule has 6 heteroatoms. The Balaban J connectivity index is 2.18. The number of hydrogen-bond acceptors (Lipinski definition) is 4. The Morgan fingerprint density at radius 1 is 1.05 bits per heavy atom. The van der Waals surface area contributed by atoms with Crippen LogP contribution in [0.15, 0.2) is 58.5 Å². The minimum Gasteiger partial charge on any atom is -0.508 e. The Morgan fingerprint density at radius 3 is 2.19 bits per heavy atom. The van der Waals surface area contributed by atoms with Crippen molar-refractivity contribution >= 4 is 15.7 Å². The number of nitrogens with one attached hydrogen (secondary N) is 1. The van der Waals surface area contributed by atoms with E-state index in [1.807, 2.05) is 6.92 Å². The fourth-order valence-corrected chi connectivity index (χ4v) is 2.52. The quantitative estimate of drug-likeness (QED) is 0.672. The number of aromatic hydroxyl groups is 1. The molecule has 2 aromatic carbocycles. The van der Waals surface area contributed by atoms with Crippen molar-refractivity contribution in [2.24, 2.45) is 5.10 Å². The van der Waals surface area contributed by atoms with Gasteiger partial charge in [0.05, 0.1) is 10.6 Å². The molecule has 0 saturated heterocycles. The van der Waals surface area contributed by atoms with Crippen LogP contribution in [0.2, 0.25) is 0 Å². The Bertz CT molecular complexity index is 749. The van der Waals surface area contributed by atoms with Gasteiger partial charge in [0.25, 0.3) is 10.0 Å².